The Bertz CT molecular complexity index is 542. The fraction of sp³-hybridized carbons (Fsp3) is 0.467. The zero-order valence-corrected chi connectivity index (χ0v) is 11.8. The number of nitrogens with two attached hydrogens (primary N) is 1. The summed E-state index contributed by atoms with van der Waals surface area (Å²) in [7, 11) is 0. The van der Waals surface area contributed by atoms with Gasteiger partial charge in [0.1, 0.15) is 5.82 Å². The molecular formula is C15H21N5. The molecule has 1 saturated heterocycles. The Morgan fingerprint density at radius 3 is 2.65 bits per heavy atom. The molecule has 2 aromatic rings. The molecule has 1 fully saturated rings. The lowest BCUT2D eigenvalue weighted by molar-refractivity contribution is 0.496. The number of piperidine rings is 1. The first-order chi connectivity index (χ1) is 9.74. The highest BCUT2D eigenvalue weighted by molar-refractivity contribution is 5.32. The monoisotopic (exact) mass is 271 g/mol. The predicted molar refractivity (Wildman–Crippen MR) is 79.8 cm³/mol. The Morgan fingerprint density at radius 2 is 1.95 bits per heavy atom. The Morgan fingerprint density at radius 1 is 1.25 bits per heavy atom. The number of anilines is 1. The molecule has 106 valence electrons. The SMILES string of the molecule is CC(c1ccccc1)c1nc(N2CCC(N)CC2)n[nH]1. The van der Waals surface area contributed by atoms with Crippen molar-refractivity contribution in [3.63, 3.8) is 0 Å². The van der Waals surface area contributed by atoms with Crippen molar-refractivity contribution in [2.24, 2.45) is 5.73 Å². The van der Waals surface area contributed by atoms with Crippen LogP contribution in [-0.4, -0.2) is 34.3 Å². The molecule has 5 nitrogen and oxygen atoms in total. The van der Waals surface area contributed by atoms with Crippen molar-refractivity contribution in [1.29, 1.82) is 0 Å². The maximum atomic E-state index is 5.93. The molecule has 1 aromatic carbocycles. The quantitative estimate of drug-likeness (QED) is 0.894. The van der Waals surface area contributed by atoms with E-state index in [2.05, 4.69) is 51.3 Å². The van der Waals surface area contributed by atoms with E-state index in [0.29, 0.717) is 6.04 Å². The van der Waals surface area contributed by atoms with E-state index in [1.54, 1.807) is 0 Å². The van der Waals surface area contributed by atoms with Crippen LogP contribution in [0.25, 0.3) is 0 Å². The zero-order chi connectivity index (χ0) is 13.9. The smallest absolute Gasteiger partial charge is 0.244 e. The summed E-state index contributed by atoms with van der Waals surface area (Å²) in [5, 5.41) is 7.44. The van der Waals surface area contributed by atoms with Crippen LogP contribution >= 0.6 is 0 Å². The molecule has 1 aliphatic rings. The molecule has 1 aliphatic heterocycles. The van der Waals surface area contributed by atoms with Gasteiger partial charge in [0.15, 0.2) is 0 Å². The van der Waals surface area contributed by atoms with Gasteiger partial charge in [0.05, 0.1) is 0 Å². The maximum absolute atomic E-state index is 5.93. The molecule has 0 saturated carbocycles. The fourth-order valence-corrected chi connectivity index (χ4v) is 2.60. The molecule has 0 amide bonds. The molecule has 2 heterocycles. The van der Waals surface area contributed by atoms with E-state index in [-0.39, 0.29) is 5.92 Å². The number of hydrogen-bond acceptors (Lipinski definition) is 4. The number of aromatic nitrogens is 3. The third kappa shape index (κ3) is 2.67. The Kier molecular flexibility index (Phi) is 3.69. The largest absolute Gasteiger partial charge is 0.339 e. The van der Waals surface area contributed by atoms with Gasteiger partial charge < -0.3 is 10.6 Å². The van der Waals surface area contributed by atoms with Gasteiger partial charge in [-0.25, -0.2) is 0 Å². The van der Waals surface area contributed by atoms with E-state index in [9.17, 15) is 0 Å². The van der Waals surface area contributed by atoms with Gasteiger partial charge in [-0.1, -0.05) is 37.3 Å². The van der Waals surface area contributed by atoms with Gasteiger partial charge in [0, 0.05) is 25.0 Å². The van der Waals surface area contributed by atoms with Crippen LogP contribution < -0.4 is 10.6 Å². The zero-order valence-electron chi connectivity index (χ0n) is 11.8. The van der Waals surface area contributed by atoms with Crippen molar-refractivity contribution in [2.45, 2.75) is 31.7 Å². The summed E-state index contributed by atoms with van der Waals surface area (Å²) in [6.45, 7) is 4.03. The molecule has 3 rings (SSSR count). The summed E-state index contributed by atoms with van der Waals surface area (Å²) in [5.74, 6) is 1.94. The fourth-order valence-electron chi connectivity index (χ4n) is 2.60. The summed E-state index contributed by atoms with van der Waals surface area (Å²) in [4.78, 5) is 6.86. The van der Waals surface area contributed by atoms with E-state index < -0.39 is 0 Å². The van der Waals surface area contributed by atoms with Crippen molar-refractivity contribution in [1.82, 2.24) is 15.2 Å². The molecule has 0 spiro atoms. The van der Waals surface area contributed by atoms with Gasteiger partial charge in [0.2, 0.25) is 5.95 Å². The Labute approximate surface area is 119 Å². The summed E-state index contributed by atoms with van der Waals surface area (Å²) in [5.41, 5.74) is 7.18. The van der Waals surface area contributed by atoms with Gasteiger partial charge in [-0.15, -0.1) is 5.10 Å². The van der Waals surface area contributed by atoms with Crippen LogP contribution in [0.3, 0.4) is 0 Å². The van der Waals surface area contributed by atoms with Crippen LogP contribution in [0, 0.1) is 0 Å². The van der Waals surface area contributed by atoms with E-state index in [1.165, 1.54) is 5.56 Å². The summed E-state index contributed by atoms with van der Waals surface area (Å²) in [6.07, 6.45) is 2.02. The van der Waals surface area contributed by atoms with Gasteiger partial charge in [-0.05, 0) is 18.4 Å². The minimum Gasteiger partial charge on any atom is -0.339 e. The van der Waals surface area contributed by atoms with Crippen molar-refractivity contribution in [3.8, 4) is 0 Å². The van der Waals surface area contributed by atoms with E-state index >= 15 is 0 Å². The number of nitrogens with one attached hydrogen (secondary N) is 1. The molecule has 0 radical (unpaired) electrons. The number of benzene rings is 1. The number of aromatic amines is 1. The van der Waals surface area contributed by atoms with Crippen LogP contribution in [0.1, 0.15) is 37.1 Å². The van der Waals surface area contributed by atoms with Gasteiger partial charge in [-0.3, -0.25) is 5.10 Å². The predicted octanol–water partition coefficient (Wildman–Crippen LogP) is 1.88. The molecule has 1 unspecified atom stereocenters. The summed E-state index contributed by atoms with van der Waals surface area (Å²) in [6, 6.07) is 10.7. The molecule has 0 aliphatic carbocycles. The van der Waals surface area contributed by atoms with Crippen molar-refractivity contribution >= 4 is 5.95 Å². The van der Waals surface area contributed by atoms with Crippen LogP contribution in [-0.2, 0) is 0 Å². The number of rotatable bonds is 3. The summed E-state index contributed by atoms with van der Waals surface area (Å²) >= 11 is 0. The first kappa shape index (κ1) is 13.1. The lowest BCUT2D eigenvalue weighted by atomic mass is 10.0. The first-order valence-corrected chi connectivity index (χ1v) is 7.22. The molecule has 5 heteroatoms. The number of H-pyrrole nitrogens is 1. The Hall–Kier alpha value is -1.88. The van der Waals surface area contributed by atoms with Gasteiger partial charge in [0.25, 0.3) is 0 Å². The lowest BCUT2D eigenvalue weighted by Crippen LogP contribution is -2.40. The summed E-state index contributed by atoms with van der Waals surface area (Å²) < 4.78 is 0. The third-order valence-electron chi connectivity index (χ3n) is 4.02. The number of hydrogen-bond donors (Lipinski definition) is 2. The normalized spacial score (nSPS) is 18.2. The second-order valence-corrected chi connectivity index (χ2v) is 5.48. The number of nitrogens with zero attached hydrogens (tertiary/aromatic N) is 3. The van der Waals surface area contributed by atoms with Gasteiger partial charge >= 0.3 is 0 Å². The maximum Gasteiger partial charge on any atom is 0.244 e. The van der Waals surface area contributed by atoms with E-state index in [4.69, 9.17) is 5.73 Å². The topological polar surface area (TPSA) is 70.8 Å². The van der Waals surface area contributed by atoms with Crippen LogP contribution in [0.15, 0.2) is 30.3 Å². The van der Waals surface area contributed by atoms with Crippen LogP contribution in [0.2, 0.25) is 0 Å². The average molecular weight is 271 g/mol. The Balaban J connectivity index is 1.73. The molecule has 1 atom stereocenters. The first-order valence-electron chi connectivity index (χ1n) is 7.22. The minimum absolute atomic E-state index is 0.226. The highest BCUT2D eigenvalue weighted by atomic mass is 15.4. The van der Waals surface area contributed by atoms with Crippen molar-refractivity contribution < 1.29 is 0 Å². The molecular weight excluding hydrogens is 250 g/mol. The van der Waals surface area contributed by atoms with Gasteiger partial charge in [-0.2, -0.15) is 4.98 Å². The second-order valence-electron chi connectivity index (χ2n) is 5.48. The van der Waals surface area contributed by atoms with Crippen molar-refractivity contribution in [2.75, 3.05) is 18.0 Å². The van der Waals surface area contributed by atoms with E-state index in [1.807, 2.05) is 6.07 Å². The lowest BCUT2D eigenvalue weighted by Gasteiger charge is -2.28. The molecule has 1 aromatic heterocycles. The third-order valence-corrected chi connectivity index (χ3v) is 4.02. The average Bonchev–Trinajstić information content (AvgIpc) is 2.98. The highest BCUT2D eigenvalue weighted by Crippen LogP contribution is 2.23. The van der Waals surface area contributed by atoms with Crippen molar-refractivity contribution in [3.05, 3.63) is 41.7 Å². The standard InChI is InChI=1S/C15H21N5/c1-11(12-5-3-2-4-6-12)14-17-15(19-18-14)20-9-7-13(16)8-10-20/h2-6,11,13H,7-10,16H2,1H3,(H,17,18,19). The molecule has 20 heavy (non-hydrogen) atoms. The minimum atomic E-state index is 0.226. The van der Waals surface area contributed by atoms with E-state index in [0.717, 1.165) is 37.7 Å². The molecule has 0 bridgehead atoms. The second kappa shape index (κ2) is 5.63. The molecule has 3 N–H and O–H groups in total. The highest BCUT2D eigenvalue weighted by Gasteiger charge is 2.21. The van der Waals surface area contributed by atoms with Crippen LogP contribution in [0.4, 0.5) is 5.95 Å². The van der Waals surface area contributed by atoms with Crippen LogP contribution in [0.5, 0.6) is 0 Å².